The molecule has 1 aliphatic heterocycles. The Morgan fingerprint density at radius 1 is 1.37 bits per heavy atom. The molecule has 1 aromatic rings. The van der Waals surface area contributed by atoms with Crippen LogP contribution in [0.3, 0.4) is 0 Å². The Bertz CT molecular complexity index is 565. The van der Waals surface area contributed by atoms with E-state index < -0.39 is 6.10 Å². The zero-order chi connectivity index (χ0) is 13.7. The third kappa shape index (κ3) is 3.08. The topological polar surface area (TPSA) is 97.9 Å². The maximum atomic E-state index is 11.9. The summed E-state index contributed by atoms with van der Waals surface area (Å²) in [7, 11) is 0. The predicted molar refractivity (Wildman–Crippen MR) is 67.1 cm³/mol. The van der Waals surface area contributed by atoms with Crippen molar-refractivity contribution >= 4 is 11.6 Å². The summed E-state index contributed by atoms with van der Waals surface area (Å²) in [5.74, 6) is -0.263. The summed E-state index contributed by atoms with van der Waals surface area (Å²) in [6.45, 7) is 1.70. The summed E-state index contributed by atoms with van der Waals surface area (Å²) < 4.78 is 5.32. The van der Waals surface area contributed by atoms with Gasteiger partial charge in [0.15, 0.2) is 0 Å². The Morgan fingerprint density at radius 2 is 2.16 bits per heavy atom. The van der Waals surface area contributed by atoms with Crippen molar-refractivity contribution in [2.75, 3.05) is 25.0 Å². The number of morpholine rings is 1. The minimum atomic E-state index is -0.532. The summed E-state index contributed by atoms with van der Waals surface area (Å²) in [5, 5.41) is 23.5. The average molecular weight is 256 g/mol. The molecule has 6 nitrogen and oxygen atoms in total. The molecule has 19 heavy (non-hydrogen) atoms. The molecule has 1 aliphatic rings. The molecule has 2 N–H and O–H groups in total. The lowest BCUT2D eigenvalue weighted by Crippen LogP contribution is -2.45. The lowest BCUT2D eigenvalue weighted by molar-refractivity contribution is -0.128. The number of carbonyl (C=O) groups excluding carboxylic acids is 1. The summed E-state index contributed by atoms with van der Waals surface area (Å²) in [5.41, 5.74) is 1.01. The maximum absolute atomic E-state index is 11.9. The highest BCUT2D eigenvalue weighted by atomic mass is 16.5. The van der Waals surface area contributed by atoms with Crippen molar-refractivity contribution in [1.29, 1.82) is 10.5 Å². The van der Waals surface area contributed by atoms with E-state index in [1.807, 2.05) is 12.1 Å². The van der Waals surface area contributed by atoms with Crippen molar-refractivity contribution in [3.8, 4) is 12.1 Å². The van der Waals surface area contributed by atoms with Crippen molar-refractivity contribution in [2.24, 2.45) is 0 Å². The fraction of sp³-hybridized carbons (Fsp3) is 0.308. The van der Waals surface area contributed by atoms with Crippen molar-refractivity contribution < 1.29 is 9.53 Å². The van der Waals surface area contributed by atoms with Gasteiger partial charge in [0.2, 0.25) is 0 Å². The fourth-order valence-corrected chi connectivity index (χ4v) is 1.77. The number of amides is 1. The largest absolute Gasteiger partial charge is 0.366 e. The number of benzene rings is 1. The number of nitrogens with zero attached hydrogens (tertiary/aromatic N) is 2. The zero-order valence-electron chi connectivity index (χ0n) is 10.1. The van der Waals surface area contributed by atoms with Crippen molar-refractivity contribution in [2.45, 2.75) is 6.10 Å². The molecule has 1 saturated heterocycles. The molecular formula is C13H12N4O2. The molecule has 0 radical (unpaired) electrons. The number of rotatable bonds is 2. The van der Waals surface area contributed by atoms with Gasteiger partial charge in [0.1, 0.15) is 18.2 Å². The van der Waals surface area contributed by atoms with Gasteiger partial charge >= 0.3 is 0 Å². The van der Waals surface area contributed by atoms with Gasteiger partial charge in [0.05, 0.1) is 17.7 Å². The van der Waals surface area contributed by atoms with Crippen LogP contribution < -0.4 is 10.6 Å². The molecule has 1 atom stereocenters. The first-order chi connectivity index (χ1) is 9.24. The molecule has 0 aromatic heterocycles. The Kier molecular flexibility index (Phi) is 4.09. The molecular weight excluding hydrogens is 244 g/mol. The first-order valence-electron chi connectivity index (χ1n) is 5.82. The second kappa shape index (κ2) is 5.96. The highest BCUT2D eigenvalue weighted by molar-refractivity contribution is 5.94. The van der Waals surface area contributed by atoms with Gasteiger partial charge in [0.25, 0.3) is 5.91 Å². The van der Waals surface area contributed by atoms with Gasteiger partial charge in [-0.05, 0) is 18.2 Å². The Labute approximate surface area is 110 Å². The molecule has 1 aromatic carbocycles. The molecule has 1 amide bonds. The minimum Gasteiger partial charge on any atom is -0.366 e. The van der Waals surface area contributed by atoms with E-state index in [1.54, 1.807) is 6.07 Å². The van der Waals surface area contributed by atoms with Gasteiger partial charge in [0, 0.05) is 18.8 Å². The number of anilines is 1. The van der Waals surface area contributed by atoms with Crippen LogP contribution in [0, 0.1) is 22.7 Å². The SMILES string of the molecule is N#Cc1ccc(NC(=O)C2CNCCO2)cc1C#N. The van der Waals surface area contributed by atoms with Gasteiger partial charge in [-0.3, -0.25) is 4.79 Å². The Balaban J connectivity index is 2.09. The Hall–Kier alpha value is -2.41. The number of nitriles is 2. The van der Waals surface area contributed by atoms with E-state index >= 15 is 0 Å². The van der Waals surface area contributed by atoms with Crippen LogP contribution in [-0.4, -0.2) is 31.7 Å². The van der Waals surface area contributed by atoms with Crippen molar-refractivity contribution in [1.82, 2.24) is 5.32 Å². The second-order valence-electron chi connectivity index (χ2n) is 4.04. The molecule has 6 heteroatoms. The number of carbonyl (C=O) groups is 1. The van der Waals surface area contributed by atoms with Gasteiger partial charge in [-0.15, -0.1) is 0 Å². The first kappa shape index (κ1) is 13.0. The highest BCUT2D eigenvalue weighted by Crippen LogP contribution is 2.15. The van der Waals surface area contributed by atoms with Gasteiger partial charge < -0.3 is 15.4 Å². The zero-order valence-corrected chi connectivity index (χ0v) is 10.1. The van der Waals surface area contributed by atoms with Crippen LogP contribution >= 0.6 is 0 Å². The summed E-state index contributed by atoms with van der Waals surface area (Å²) >= 11 is 0. The quantitative estimate of drug-likeness (QED) is 0.796. The second-order valence-corrected chi connectivity index (χ2v) is 4.04. The molecule has 0 spiro atoms. The van der Waals surface area contributed by atoms with Crippen LogP contribution in [0.2, 0.25) is 0 Å². The minimum absolute atomic E-state index is 0.239. The van der Waals surface area contributed by atoms with E-state index in [-0.39, 0.29) is 17.0 Å². The monoisotopic (exact) mass is 256 g/mol. The van der Waals surface area contributed by atoms with Crippen LogP contribution in [0.4, 0.5) is 5.69 Å². The third-order valence-electron chi connectivity index (χ3n) is 2.75. The number of nitrogens with one attached hydrogen (secondary N) is 2. The summed E-state index contributed by atoms with van der Waals surface area (Å²) in [6.07, 6.45) is -0.532. The van der Waals surface area contributed by atoms with Crippen LogP contribution in [0.1, 0.15) is 11.1 Å². The summed E-state index contributed by atoms with van der Waals surface area (Å²) in [4.78, 5) is 11.9. The summed E-state index contributed by atoms with van der Waals surface area (Å²) in [6, 6.07) is 8.42. The molecule has 1 unspecified atom stereocenters. The average Bonchev–Trinajstić information content (AvgIpc) is 2.48. The fourth-order valence-electron chi connectivity index (χ4n) is 1.77. The molecule has 1 heterocycles. The molecule has 0 bridgehead atoms. The van der Waals surface area contributed by atoms with Crippen LogP contribution in [0.15, 0.2) is 18.2 Å². The molecule has 1 fully saturated rings. The van der Waals surface area contributed by atoms with Gasteiger partial charge in [-0.1, -0.05) is 0 Å². The smallest absolute Gasteiger partial charge is 0.254 e. The molecule has 96 valence electrons. The standard InChI is InChI=1S/C13H12N4O2/c14-6-9-1-2-11(5-10(9)7-15)17-13(18)12-8-16-3-4-19-12/h1-2,5,12,16H,3-4,8H2,(H,17,18). The number of hydrogen-bond acceptors (Lipinski definition) is 5. The van der Waals surface area contributed by atoms with E-state index in [2.05, 4.69) is 10.6 Å². The van der Waals surface area contributed by atoms with Crippen molar-refractivity contribution in [3.63, 3.8) is 0 Å². The van der Waals surface area contributed by atoms with E-state index in [0.29, 0.717) is 18.8 Å². The lowest BCUT2D eigenvalue weighted by Gasteiger charge is -2.22. The highest BCUT2D eigenvalue weighted by Gasteiger charge is 2.21. The molecule has 0 aliphatic carbocycles. The predicted octanol–water partition coefficient (Wildman–Crippen LogP) is 0.357. The lowest BCUT2D eigenvalue weighted by atomic mass is 10.1. The van der Waals surface area contributed by atoms with Gasteiger partial charge in [-0.25, -0.2) is 0 Å². The molecule has 0 saturated carbocycles. The first-order valence-corrected chi connectivity index (χ1v) is 5.82. The maximum Gasteiger partial charge on any atom is 0.254 e. The Morgan fingerprint density at radius 3 is 2.79 bits per heavy atom. The van der Waals surface area contributed by atoms with E-state index in [4.69, 9.17) is 15.3 Å². The van der Waals surface area contributed by atoms with E-state index in [9.17, 15) is 4.79 Å². The third-order valence-corrected chi connectivity index (χ3v) is 2.75. The molecule has 2 rings (SSSR count). The van der Waals surface area contributed by atoms with Crippen LogP contribution in [0.25, 0.3) is 0 Å². The van der Waals surface area contributed by atoms with E-state index in [0.717, 1.165) is 6.54 Å². The number of ether oxygens (including phenoxy) is 1. The van der Waals surface area contributed by atoms with E-state index in [1.165, 1.54) is 12.1 Å². The van der Waals surface area contributed by atoms with Crippen LogP contribution in [0.5, 0.6) is 0 Å². The van der Waals surface area contributed by atoms with Gasteiger partial charge in [-0.2, -0.15) is 10.5 Å². The number of hydrogen-bond donors (Lipinski definition) is 2. The normalized spacial score (nSPS) is 18.1. The van der Waals surface area contributed by atoms with Crippen LogP contribution in [-0.2, 0) is 9.53 Å². The van der Waals surface area contributed by atoms with Crippen molar-refractivity contribution in [3.05, 3.63) is 29.3 Å².